The third kappa shape index (κ3) is 4.66. The van der Waals surface area contributed by atoms with E-state index in [2.05, 4.69) is 10.3 Å². The van der Waals surface area contributed by atoms with Crippen molar-refractivity contribution in [3.8, 4) is 5.75 Å². The van der Waals surface area contributed by atoms with Crippen LogP contribution in [0, 0.1) is 0 Å². The monoisotopic (exact) mass is 425 g/mol. The zero-order valence-electron chi connectivity index (χ0n) is 16.7. The lowest BCUT2D eigenvalue weighted by Crippen LogP contribution is -2.29. The Kier molecular flexibility index (Phi) is 6.35. The number of benzene rings is 2. The van der Waals surface area contributed by atoms with Crippen LogP contribution in [0.15, 0.2) is 58.5 Å². The van der Waals surface area contributed by atoms with Gasteiger partial charge in [0.05, 0.1) is 36.4 Å². The number of nitrogens with one attached hydrogen (secondary N) is 1. The van der Waals surface area contributed by atoms with E-state index in [-0.39, 0.29) is 23.3 Å². The molecule has 4 rings (SSSR count). The highest BCUT2D eigenvalue weighted by atomic mass is 32.2. The Balaban J connectivity index is 1.54. The minimum atomic E-state index is -0.181. The van der Waals surface area contributed by atoms with Crippen molar-refractivity contribution in [3.05, 3.63) is 58.9 Å². The number of amides is 1. The van der Waals surface area contributed by atoms with E-state index in [0.29, 0.717) is 40.6 Å². The molecule has 30 heavy (non-hydrogen) atoms. The largest absolute Gasteiger partial charge is 0.497 e. The van der Waals surface area contributed by atoms with Crippen LogP contribution in [0.5, 0.6) is 5.75 Å². The molecule has 1 aromatic heterocycles. The Morgan fingerprint density at radius 2 is 2.17 bits per heavy atom. The summed E-state index contributed by atoms with van der Waals surface area (Å²) >= 11 is 1.25. The van der Waals surface area contributed by atoms with Gasteiger partial charge in [0.2, 0.25) is 5.91 Å². The summed E-state index contributed by atoms with van der Waals surface area (Å²) in [5.41, 5.74) is 1.18. The molecule has 1 aliphatic heterocycles. The second-order valence-corrected chi connectivity index (χ2v) is 7.97. The summed E-state index contributed by atoms with van der Waals surface area (Å²) < 4.78 is 12.5. The first-order valence-electron chi connectivity index (χ1n) is 9.82. The van der Waals surface area contributed by atoms with Crippen LogP contribution in [0.2, 0.25) is 0 Å². The van der Waals surface area contributed by atoms with E-state index in [1.807, 2.05) is 30.3 Å². The molecule has 0 aliphatic carbocycles. The van der Waals surface area contributed by atoms with E-state index in [0.717, 1.165) is 12.8 Å². The van der Waals surface area contributed by atoms with Crippen molar-refractivity contribution in [1.29, 1.82) is 0 Å². The van der Waals surface area contributed by atoms with Crippen LogP contribution in [0.3, 0.4) is 0 Å². The second kappa shape index (κ2) is 9.32. The molecule has 1 fully saturated rings. The maximum atomic E-state index is 13.1. The number of ether oxygens (including phenoxy) is 2. The van der Waals surface area contributed by atoms with Gasteiger partial charge in [-0.1, -0.05) is 30.0 Å². The predicted molar refractivity (Wildman–Crippen MR) is 117 cm³/mol. The average Bonchev–Trinajstić information content (AvgIpc) is 3.28. The van der Waals surface area contributed by atoms with Gasteiger partial charge in [-0.25, -0.2) is 4.98 Å². The van der Waals surface area contributed by atoms with Gasteiger partial charge >= 0.3 is 0 Å². The number of hydrogen-bond donors (Lipinski definition) is 1. The van der Waals surface area contributed by atoms with Crippen LogP contribution >= 0.6 is 11.8 Å². The quantitative estimate of drug-likeness (QED) is 0.462. The number of anilines is 1. The summed E-state index contributed by atoms with van der Waals surface area (Å²) in [5.74, 6) is 0.620. The Morgan fingerprint density at radius 1 is 1.30 bits per heavy atom. The standard InChI is InChI=1S/C22H23N3O4S/c1-28-16-7-4-6-15(12-16)23-20(26)14-30-22-24-19-10-3-2-9-18(19)21(27)25(22)13-17-8-5-11-29-17/h2-4,6-7,9-10,12,17H,5,8,11,13-14H2,1H3,(H,23,26)/t17-/m0/s1. The Hall–Kier alpha value is -2.84. The molecule has 0 bridgehead atoms. The number of hydrogen-bond acceptors (Lipinski definition) is 6. The Bertz CT molecular complexity index is 1110. The van der Waals surface area contributed by atoms with Gasteiger partial charge in [-0.05, 0) is 37.1 Å². The maximum Gasteiger partial charge on any atom is 0.262 e. The van der Waals surface area contributed by atoms with Gasteiger partial charge in [-0.2, -0.15) is 0 Å². The molecule has 156 valence electrons. The third-order valence-corrected chi connectivity index (χ3v) is 5.90. The second-order valence-electron chi connectivity index (χ2n) is 7.03. The summed E-state index contributed by atoms with van der Waals surface area (Å²) in [6, 6.07) is 14.4. The maximum absolute atomic E-state index is 13.1. The molecule has 0 radical (unpaired) electrons. The molecular weight excluding hydrogens is 402 g/mol. The smallest absolute Gasteiger partial charge is 0.262 e. The number of rotatable bonds is 7. The molecule has 2 aromatic carbocycles. The summed E-state index contributed by atoms with van der Waals surface area (Å²) in [6.45, 7) is 1.16. The SMILES string of the molecule is COc1cccc(NC(=O)CSc2nc3ccccc3c(=O)n2C[C@@H]2CCCO2)c1. The first-order valence-corrected chi connectivity index (χ1v) is 10.8. The van der Waals surface area contributed by atoms with Crippen LogP contribution in [-0.2, 0) is 16.1 Å². The number of para-hydroxylation sites is 1. The summed E-state index contributed by atoms with van der Waals surface area (Å²) in [4.78, 5) is 30.2. The van der Waals surface area contributed by atoms with Crippen molar-refractivity contribution in [2.24, 2.45) is 0 Å². The molecule has 1 saturated heterocycles. The summed E-state index contributed by atoms with van der Waals surface area (Å²) in [5, 5.41) is 3.94. The predicted octanol–water partition coefficient (Wildman–Crippen LogP) is 3.31. The molecule has 1 aliphatic rings. The van der Waals surface area contributed by atoms with Crippen molar-refractivity contribution in [1.82, 2.24) is 9.55 Å². The molecular formula is C22H23N3O4S. The number of thioether (sulfide) groups is 1. The minimum Gasteiger partial charge on any atom is -0.497 e. The first-order chi connectivity index (χ1) is 14.6. The lowest BCUT2D eigenvalue weighted by Gasteiger charge is -2.16. The van der Waals surface area contributed by atoms with Crippen LogP contribution in [0.4, 0.5) is 5.69 Å². The lowest BCUT2D eigenvalue weighted by atomic mass is 10.2. The number of fused-ring (bicyclic) bond motifs is 1. The highest BCUT2D eigenvalue weighted by Crippen LogP contribution is 2.22. The molecule has 1 N–H and O–H groups in total. The zero-order valence-corrected chi connectivity index (χ0v) is 17.5. The summed E-state index contributed by atoms with van der Waals surface area (Å²) in [7, 11) is 1.58. The fraction of sp³-hybridized carbons (Fsp3) is 0.318. The van der Waals surface area contributed by atoms with Gasteiger partial charge < -0.3 is 14.8 Å². The van der Waals surface area contributed by atoms with Crippen molar-refractivity contribution >= 4 is 34.3 Å². The van der Waals surface area contributed by atoms with Crippen molar-refractivity contribution in [2.75, 3.05) is 24.8 Å². The Morgan fingerprint density at radius 3 is 2.97 bits per heavy atom. The zero-order chi connectivity index (χ0) is 20.9. The van der Waals surface area contributed by atoms with Gasteiger partial charge in [0.1, 0.15) is 5.75 Å². The van der Waals surface area contributed by atoms with Gasteiger partial charge in [-0.15, -0.1) is 0 Å². The molecule has 2 heterocycles. The van der Waals surface area contributed by atoms with Gasteiger partial charge in [0.15, 0.2) is 5.16 Å². The van der Waals surface area contributed by atoms with Crippen LogP contribution in [-0.4, -0.2) is 41.0 Å². The minimum absolute atomic E-state index is 0.00405. The van der Waals surface area contributed by atoms with Gasteiger partial charge in [0.25, 0.3) is 5.56 Å². The number of carbonyl (C=O) groups excluding carboxylic acids is 1. The molecule has 0 spiro atoms. The lowest BCUT2D eigenvalue weighted by molar-refractivity contribution is -0.113. The number of aromatic nitrogens is 2. The molecule has 7 nitrogen and oxygen atoms in total. The van der Waals surface area contributed by atoms with E-state index in [9.17, 15) is 9.59 Å². The molecule has 1 amide bonds. The Labute approximate surface area is 178 Å². The molecule has 8 heteroatoms. The highest BCUT2D eigenvalue weighted by Gasteiger charge is 2.20. The van der Waals surface area contributed by atoms with Gasteiger partial charge in [0, 0.05) is 18.4 Å². The van der Waals surface area contributed by atoms with Crippen LogP contribution < -0.4 is 15.6 Å². The average molecular weight is 426 g/mol. The fourth-order valence-electron chi connectivity index (χ4n) is 3.44. The van der Waals surface area contributed by atoms with Gasteiger partial charge in [-0.3, -0.25) is 14.2 Å². The van der Waals surface area contributed by atoms with E-state index in [1.165, 1.54) is 11.8 Å². The van der Waals surface area contributed by atoms with Crippen molar-refractivity contribution in [3.63, 3.8) is 0 Å². The number of methoxy groups -OCH3 is 1. The summed E-state index contributed by atoms with van der Waals surface area (Å²) in [6.07, 6.45) is 1.90. The molecule has 0 unspecified atom stereocenters. The van der Waals surface area contributed by atoms with Crippen molar-refractivity contribution < 1.29 is 14.3 Å². The van der Waals surface area contributed by atoms with Crippen LogP contribution in [0.1, 0.15) is 12.8 Å². The molecule has 0 saturated carbocycles. The van der Waals surface area contributed by atoms with E-state index in [1.54, 1.807) is 29.9 Å². The van der Waals surface area contributed by atoms with E-state index >= 15 is 0 Å². The fourth-order valence-corrected chi connectivity index (χ4v) is 4.25. The third-order valence-electron chi connectivity index (χ3n) is 4.92. The number of carbonyl (C=O) groups is 1. The van der Waals surface area contributed by atoms with E-state index in [4.69, 9.17) is 9.47 Å². The van der Waals surface area contributed by atoms with Crippen molar-refractivity contribution in [2.45, 2.75) is 30.6 Å². The topological polar surface area (TPSA) is 82.5 Å². The highest BCUT2D eigenvalue weighted by molar-refractivity contribution is 7.99. The number of nitrogens with zero attached hydrogens (tertiary/aromatic N) is 2. The molecule has 3 aromatic rings. The first kappa shape index (κ1) is 20.4. The normalized spacial score (nSPS) is 16.0. The van der Waals surface area contributed by atoms with Crippen LogP contribution in [0.25, 0.3) is 10.9 Å². The molecule has 1 atom stereocenters. The van der Waals surface area contributed by atoms with E-state index < -0.39 is 0 Å².